The van der Waals surface area contributed by atoms with Gasteiger partial charge in [-0.25, -0.2) is 0 Å². The largest absolute Gasteiger partial charge is 0.293 e. The van der Waals surface area contributed by atoms with E-state index in [1.807, 2.05) is 12.3 Å². The molecule has 0 aliphatic heterocycles. The standard InChI is InChI=1S/C10H12OS/c1-6-8(11)9-7(4-5-12-9)10(6,2)3/h4-6H,1-3H3. The Labute approximate surface area is 76.4 Å². The Bertz CT molecular complexity index is 335. The van der Waals surface area contributed by atoms with E-state index >= 15 is 0 Å². The van der Waals surface area contributed by atoms with Crippen molar-refractivity contribution in [1.29, 1.82) is 0 Å². The van der Waals surface area contributed by atoms with Crippen LogP contribution in [-0.2, 0) is 5.41 Å². The normalized spacial score (nSPS) is 25.9. The van der Waals surface area contributed by atoms with Crippen molar-refractivity contribution >= 4 is 17.1 Å². The second kappa shape index (κ2) is 2.19. The lowest BCUT2D eigenvalue weighted by molar-refractivity contribution is 0.0915. The second-order valence-electron chi connectivity index (χ2n) is 3.97. The molecule has 0 spiro atoms. The topological polar surface area (TPSA) is 17.1 Å². The van der Waals surface area contributed by atoms with Gasteiger partial charge in [-0.05, 0) is 17.0 Å². The van der Waals surface area contributed by atoms with Crippen molar-refractivity contribution in [2.45, 2.75) is 26.2 Å². The zero-order chi connectivity index (χ0) is 8.93. The van der Waals surface area contributed by atoms with E-state index in [1.165, 1.54) is 5.56 Å². The monoisotopic (exact) mass is 180 g/mol. The van der Waals surface area contributed by atoms with Crippen molar-refractivity contribution in [2.75, 3.05) is 0 Å². The Morgan fingerprint density at radius 1 is 1.50 bits per heavy atom. The van der Waals surface area contributed by atoms with Crippen LogP contribution in [0.1, 0.15) is 36.0 Å². The minimum absolute atomic E-state index is 0.0480. The zero-order valence-corrected chi connectivity index (χ0v) is 8.37. The van der Waals surface area contributed by atoms with E-state index < -0.39 is 0 Å². The van der Waals surface area contributed by atoms with Gasteiger partial charge in [0.15, 0.2) is 5.78 Å². The zero-order valence-electron chi connectivity index (χ0n) is 7.55. The molecular formula is C10H12OS. The molecule has 1 atom stereocenters. The number of Topliss-reactive ketones (excluding diaryl/α,β-unsaturated/α-hetero) is 1. The number of thiophene rings is 1. The highest BCUT2D eigenvalue weighted by Gasteiger charge is 2.43. The summed E-state index contributed by atoms with van der Waals surface area (Å²) in [6, 6.07) is 2.08. The number of carbonyl (C=O) groups is 1. The minimum atomic E-state index is 0.0480. The molecular weight excluding hydrogens is 168 g/mol. The molecule has 0 N–H and O–H groups in total. The maximum atomic E-state index is 11.7. The highest BCUT2D eigenvalue weighted by Crippen LogP contribution is 2.44. The lowest BCUT2D eigenvalue weighted by Crippen LogP contribution is -2.23. The van der Waals surface area contributed by atoms with Crippen LogP contribution in [-0.4, -0.2) is 5.78 Å². The third kappa shape index (κ3) is 0.761. The van der Waals surface area contributed by atoms with Crippen LogP contribution in [0.4, 0.5) is 0 Å². The van der Waals surface area contributed by atoms with Crippen LogP contribution >= 0.6 is 11.3 Å². The van der Waals surface area contributed by atoms with Crippen LogP contribution in [0.2, 0.25) is 0 Å². The molecule has 0 saturated carbocycles. The fraction of sp³-hybridized carbons (Fsp3) is 0.500. The van der Waals surface area contributed by atoms with Gasteiger partial charge in [-0.1, -0.05) is 20.8 Å². The molecule has 0 bridgehead atoms. The molecule has 0 saturated heterocycles. The predicted molar refractivity (Wildman–Crippen MR) is 50.8 cm³/mol. The first-order valence-corrected chi connectivity index (χ1v) is 5.05. The van der Waals surface area contributed by atoms with Crippen LogP contribution in [0.25, 0.3) is 0 Å². The van der Waals surface area contributed by atoms with Gasteiger partial charge in [0.1, 0.15) is 0 Å². The number of carbonyl (C=O) groups excluding carboxylic acids is 1. The molecule has 0 amide bonds. The summed E-state index contributed by atoms with van der Waals surface area (Å²) in [5, 5.41) is 2.01. The number of fused-ring (bicyclic) bond motifs is 1. The van der Waals surface area contributed by atoms with Gasteiger partial charge in [0.05, 0.1) is 4.88 Å². The molecule has 2 rings (SSSR count). The molecule has 64 valence electrons. The Kier molecular flexibility index (Phi) is 1.46. The first-order chi connectivity index (χ1) is 5.55. The van der Waals surface area contributed by atoms with Crippen molar-refractivity contribution in [2.24, 2.45) is 5.92 Å². The highest BCUT2D eigenvalue weighted by atomic mass is 32.1. The third-order valence-electron chi connectivity index (χ3n) is 3.06. The van der Waals surface area contributed by atoms with Gasteiger partial charge >= 0.3 is 0 Å². The van der Waals surface area contributed by atoms with Gasteiger partial charge in [0, 0.05) is 11.3 Å². The van der Waals surface area contributed by atoms with E-state index in [0.29, 0.717) is 5.78 Å². The fourth-order valence-electron chi connectivity index (χ4n) is 1.77. The summed E-state index contributed by atoms with van der Waals surface area (Å²) in [6.07, 6.45) is 0. The lowest BCUT2D eigenvalue weighted by atomic mass is 9.80. The number of hydrogen-bond acceptors (Lipinski definition) is 2. The van der Waals surface area contributed by atoms with Crippen molar-refractivity contribution < 1.29 is 4.79 Å². The van der Waals surface area contributed by atoms with Crippen LogP contribution in [0, 0.1) is 5.92 Å². The molecule has 0 fully saturated rings. The Balaban J connectivity index is 2.64. The first-order valence-electron chi connectivity index (χ1n) is 4.17. The van der Waals surface area contributed by atoms with Crippen molar-refractivity contribution in [3.8, 4) is 0 Å². The van der Waals surface area contributed by atoms with Gasteiger partial charge in [-0.2, -0.15) is 0 Å². The fourth-order valence-corrected chi connectivity index (χ4v) is 2.86. The summed E-state index contributed by atoms with van der Waals surface area (Å²) in [5.74, 6) is 0.477. The molecule has 1 nitrogen and oxygen atoms in total. The summed E-state index contributed by atoms with van der Waals surface area (Å²) in [6.45, 7) is 6.32. The van der Waals surface area contributed by atoms with Gasteiger partial charge in [-0.3, -0.25) is 4.79 Å². The number of ketones is 1. The minimum Gasteiger partial charge on any atom is -0.293 e. The Morgan fingerprint density at radius 3 is 2.75 bits per heavy atom. The summed E-state index contributed by atoms with van der Waals surface area (Å²) in [5.41, 5.74) is 1.29. The molecule has 1 aliphatic carbocycles. The maximum absolute atomic E-state index is 11.7. The van der Waals surface area contributed by atoms with Gasteiger partial charge in [0.25, 0.3) is 0 Å². The van der Waals surface area contributed by atoms with E-state index in [4.69, 9.17) is 0 Å². The molecule has 0 radical (unpaired) electrons. The van der Waals surface area contributed by atoms with Gasteiger partial charge in [-0.15, -0.1) is 11.3 Å². The van der Waals surface area contributed by atoms with Crippen molar-refractivity contribution in [3.63, 3.8) is 0 Å². The Morgan fingerprint density at radius 2 is 2.17 bits per heavy atom. The van der Waals surface area contributed by atoms with Crippen LogP contribution in [0.5, 0.6) is 0 Å². The van der Waals surface area contributed by atoms with Crippen LogP contribution in [0.15, 0.2) is 11.4 Å². The molecule has 1 aromatic rings. The summed E-state index contributed by atoms with van der Waals surface area (Å²) in [7, 11) is 0. The smallest absolute Gasteiger partial charge is 0.176 e. The average Bonchev–Trinajstić information content (AvgIpc) is 2.54. The van der Waals surface area contributed by atoms with Crippen LogP contribution in [0.3, 0.4) is 0 Å². The molecule has 0 aromatic carbocycles. The second-order valence-corrected chi connectivity index (χ2v) is 4.89. The van der Waals surface area contributed by atoms with Gasteiger partial charge < -0.3 is 0 Å². The van der Waals surface area contributed by atoms with E-state index in [9.17, 15) is 4.79 Å². The summed E-state index contributed by atoms with van der Waals surface area (Å²) in [4.78, 5) is 12.7. The first kappa shape index (κ1) is 7.99. The summed E-state index contributed by atoms with van der Waals surface area (Å²) >= 11 is 1.58. The molecule has 1 aromatic heterocycles. The lowest BCUT2D eigenvalue weighted by Gasteiger charge is -2.22. The third-order valence-corrected chi connectivity index (χ3v) is 3.99. The maximum Gasteiger partial charge on any atom is 0.176 e. The van der Waals surface area contributed by atoms with Crippen LogP contribution < -0.4 is 0 Å². The predicted octanol–water partition coefficient (Wildman–Crippen LogP) is 2.86. The Hall–Kier alpha value is -0.630. The molecule has 1 heterocycles. The molecule has 1 aliphatic rings. The van der Waals surface area contributed by atoms with E-state index in [1.54, 1.807) is 11.3 Å². The average molecular weight is 180 g/mol. The summed E-state index contributed by atoms with van der Waals surface area (Å²) < 4.78 is 0. The molecule has 1 unspecified atom stereocenters. The quantitative estimate of drug-likeness (QED) is 0.600. The SMILES string of the molecule is CC1C(=O)c2sccc2C1(C)C. The molecule has 12 heavy (non-hydrogen) atoms. The van der Waals surface area contributed by atoms with E-state index in [0.717, 1.165) is 4.88 Å². The van der Waals surface area contributed by atoms with E-state index in [-0.39, 0.29) is 11.3 Å². The highest BCUT2D eigenvalue weighted by molar-refractivity contribution is 7.12. The van der Waals surface area contributed by atoms with Crippen molar-refractivity contribution in [3.05, 3.63) is 21.9 Å². The van der Waals surface area contributed by atoms with Crippen molar-refractivity contribution in [1.82, 2.24) is 0 Å². The number of rotatable bonds is 0. The van der Waals surface area contributed by atoms with Gasteiger partial charge in [0.2, 0.25) is 0 Å². The van der Waals surface area contributed by atoms with E-state index in [2.05, 4.69) is 19.9 Å². The molecule has 2 heteroatoms. The number of hydrogen-bond donors (Lipinski definition) is 0.